The van der Waals surface area contributed by atoms with E-state index in [1.807, 2.05) is 96.8 Å². The summed E-state index contributed by atoms with van der Waals surface area (Å²) in [6.45, 7) is 2.03. The van der Waals surface area contributed by atoms with E-state index in [9.17, 15) is 4.79 Å². The molecule has 1 aliphatic rings. The van der Waals surface area contributed by atoms with Gasteiger partial charge in [-0.05, 0) is 48.4 Å². The van der Waals surface area contributed by atoms with E-state index in [4.69, 9.17) is 0 Å². The summed E-state index contributed by atoms with van der Waals surface area (Å²) < 4.78 is 0. The lowest BCUT2D eigenvalue weighted by Gasteiger charge is -2.30. The standard InChI is InChI=1S/C29H24N2O/c1-21-16-18-24(19-17-21)29(32)31-27-15-9-8-14-25(27)30-26(22-10-4-2-5-11-22)20-28(31)23-12-6-3-7-13-23/h2-20,28,30H,1H3/t28-/m0/s1. The van der Waals surface area contributed by atoms with Crippen molar-refractivity contribution in [3.05, 3.63) is 138 Å². The number of fused-ring (bicyclic) bond motifs is 1. The highest BCUT2D eigenvalue weighted by atomic mass is 16.2. The van der Waals surface area contributed by atoms with Crippen molar-refractivity contribution in [2.45, 2.75) is 13.0 Å². The van der Waals surface area contributed by atoms with Crippen molar-refractivity contribution < 1.29 is 4.79 Å². The average Bonchev–Trinajstić information content (AvgIpc) is 3.02. The molecule has 1 aliphatic heterocycles. The third-order valence-electron chi connectivity index (χ3n) is 5.78. The third-order valence-corrected chi connectivity index (χ3v) is 5.78. The lowest BCUT2D eigenvalue weighted by atomic mass is 10.0. The van der Waals surface area contributed by atoms with Crippen LogP contribution in [-0.2, 0) is 0 Å². The molecule has 0 saturated carbocycles. The van der Waals surface area contributed by atoms with E-state index in [-0.39, 0.29) is 11.9 Å². The monoisotopic (exact) mass is 416 g/mol. The number of rotatable bonds is 3. The van der Waals surface area contributed by atoms with Crippen molar-refractivity contribution in [3.63, 3.8) is 0 Å². The van der Waals surface area contributed by atoms with Crippen molar-refractivity contribution in [1.82, 2.24) is 0 Å². The zero-order valence-electron chi connectivity index (χ0n) is 17.9. The van der Waals surface area contributed by atoms with Gasteiger partial charge in [-0.3, -0.25) is 9.69 Å². The van der Waals surface area contributed by atoms with Gasteiger partial charge >= 0.3 is 0 Å². The van der Waals surface area contributed by atoms with E-state index in [2.05, 4.69) is 35.7 Å². The maximum atomic E-state index is 13.9. The molecule has 1 heterocycles. The van der Waals surface area contributed by atoms with Gasteiger partial charge in [0.15, 0.2) is 0 Å². The molecule has 0 bridgehead atoms. The number of benzene rings is 4. The summed E-state index contributed by atoms with van der Waals surface area (Å²) in [6.07, 6.45) is 2.15. The molecule has 4 aromatic carbocycles. The number of carbonyl (C=O) groups excluding carboxylic acids is 1. The van der Waals surface area contributed by atoms with E-state index in [1.54, 1.807) is 0 Å². The molecule has 4 aromatic rings. The first-order chi connectivity index (χ1) is 15.7. The van der Waals surface area contributed by atoms with E-state index >= 15 is 0 Å². The highest BCUT2D eigenvalue weighted by Crippen LogP contribution is 2.40. The van der Waals surface area contributed by atoms with E-state index in [0.717, 1.165) is 33.8 Å². The second kappa shape index (κ2) is 8.56. The fraction of sp³-hybridized carbons (Fsp3) is 0.0690. The number of hydrogen-bond donors (Lipinski definition) is 1. The first-order valence-corrected chi connectivity index (χ1v) is 10.8. The van der Waals surface area contributed by atoms with Crippen LogP contribution in [0.25, 0.3) is 5.70 Å². The van der Waals surface area contributed by atoms with Gasteiger partial charge in [0.05, 0.1) is 17.4 Å². The molecule has 156 valence electrons. The van der Waals surface area contributed by atoms with Crippen LogP contribution >= 0.6 is 0 Å². The molecule has 5 rings (SSSR count). The third kappa shape index (κ3) is 3.81. The molecule has 1 N–H and O–H groups in total. The van der Waals surface area contributed by atoms with E-state index in [1.165, 1.54) is 0 Å². The summed E-state index contributed by atoms with van der Waals surface area (Å²) >= 11 is 0. The predicted molar refractivity (Wildman–Crippen MR) is 132 cm³/mol. The number of para-hydroxylation sites is 2. The number of aryl methyl sites for hydroxylation is 1. The number of amides is 1. The van der Waals surface area contributed by atoms with Gasteiger partial charge < -0.3 is 5.32 Å². The number of hydrogen-bond acceptors (Lipinski definition) is 2. The van der Waals surface area contributed by atoms with Crippen LogP contribution in [0.4, 0.5) is 11.4 Å². The van der Waals surface area contributed by atoms with Crippen LogP contribution in [0.15, 0.2) is 115 Å². The fourth-order valence-electron chi connectivity index (χ4n) is 4.11. The molecule has 0 aliphatic carbocycles. The second-order valence-corrected chi connectivity index (χ2v) is 7.99. The zero-order chi connectivity index (χ0) is 21.9. The Morgan fingerprint density at radius 3 is 2.09 bits per heavy atom. The number of nitrogens with zero attached hydrogens (tertiary/aromatic N) is 1. The molecule has 0 spiro atoms. The van der Waals surface area contributed by atoms with Gasteiger partial charge in [0.25, 0.3) is 5.91 Å². The van der Waals surface area contributed by atoms with Crippen molar-refractivity contribution in [1.29, 1.82) is 0 Å². The van der Waals surface area contributed by atoms with Gasteiger partial charge in [-0.2, -0.15) is 0 Å². The lowest BCUT2D eigenvalue weighted by Crippen LogP contribution is -2.34. The lowest BCUT2D eigenvalue weighted by molar-refractivity contribution is 0.0981. The van der Waals surface area contributed by atoms with Crippen LogP contribution in [0.1, 0.15) is 33.1 Å². The Bertz CT molecular complexity index is 1260. The van der Waals surface area contributed by atoms with Crippen LogP contribution in [0.3, 0.4) is 0 Å². The van der Waals surface area contributed by atoms with Gasteiger partial charge in [0.2, 0.25) is 0 Å². The summed E-state index contributed by atoms with van der Waals surface area (Å²) in [6, 6.07) is 35.9. The van der Waals surface area contributed by atoms with Gasteiger partial charge in [0, 0.05) is 11.3 Å². The molecule has 0 saturated heterocycles. The maximum absolute atomic E-state index is 13.9. The smallest absolute Gasteiger partial charge is 0.259 e. The molecule has 0 fully saturated rings. The van der Waals surface area contributed by atoms with Crippen molar-refractivity contribution in [3.8, 4) is 0 Å². The first-order valence-electron chi connectivity index (χ1n) is 10.8. The van der Waals surface area contributed by atoms with Crippen LogP contribution in [0.5, 0.6) is 0 Å². The summed E-state index contributed by atoms with van der Waals surface area (Å²) in [5.41, 5.74) is 6.67. The Labute approximate surface area is 188 Å². The molecule has 0 unspecified atom stereocenters. The minimum atomic E-state index is -0.267. The largest absolute Gasteiger partial charge is 0.354 e. The minimum Gasteiger partial charge on any atom is -0.354 e. The van der Waals surface area contributed by atoms with Crippen LogP contribution in [0.2, 0.25) is 0 Å². The minimum absolute atomic E-state index is 0.0290. The summed E-state index contributed by atoms with van der Waals surface area (Å²) in [7, 11) is 0. The van der Waals surface area contributed by atoms with Crippen LogP contribution in [0, 0.1) is 6.92 Å². The molecule has 3 heteroatoms. The zero-order valence-corrected chi connectivity index (χ0v) is 17.9. The Balaban J connectivity index is 1.72. The SMILES string of the molecule is Cc1ccc(C(=O)N2c3ccccc3NC(c3ccccc3)=C[C@H]2c2ccccc2)cc1. The second-order valence-electron chi connectivity index (χ2n) is 7.99. The van der Waals surface area contributed by atoms with Crippen LogP contribution in [-0.4, -0.2) is 5.91 Å². The van der Waals surface area contributed by atoms with Crippen molar-refractivity contribution >= 4 is 23.0 Å². The molecule has 0 radical (unpaired) electrons. The average molecular weight is 417 g/mol. The van der Waals surface area contributed by atoms with E-state index in [0.29, 0.717) is 5.56 Å². The highest BCUT2D eigenvalue weighted by Gasteiger charge is 2.31. The fourth-order valence-corrected chi connectivity index (χ4v) is 4.11. The van der Waals surface area contributed by atoms with Gasteiger partial charge in [0.1, 0.15) is 0 Å². The Kier molecular flexibility index (Phi) is 5.30. The first kappa shape index (κ1) is 19.8. The van der Waals surface area contributed by atoms with Gasteiger partial charge in [-0.15, -0.1) is 0 Å². The van der Waals surface area contributed by atoms with Crippen molar-refractivity contribution in [2.24, 2.45) is 0 Å². The molecular formula is C29H24N2O. The number of carbonyl (C=O) groups is 1. The highest BCUT2D eigenvalue weighted by molar-refractivity contribution is 6.09. The molecular weight excluding hydrogens is 392 g/mol. The molecule has 1 amide bonds. The van der Waals surface area contributed by atoms with Crippen molar-refractivity contribution in [2.75, 3.05) is 10.2 Å². The Hall–Kier alpha value is -4.11. The quantitative estimate of drug-likeness (QED) is 0.396. The van der Waals surface area contributed by atoms with Gasteiger partial charge in [-0.1, -0.05) is 90.5 Å². The molecule has 0 aromatic heterocycles. The van der Waals surface area contributed by atoms with Crippen LogP contribution < -0.4 is 10.2 Å². The maximum Gasteiger partial charge on any atom is 0.259 e. The van der Waals surface area contributed by atoms with E-state index < -0.39 is 0 Å². The molecule has 32 heavy (non-hydrogen) atoms. The van der Waals surface area contributed by atoms with Gasteiger partial charge in [-0.25, -0.2) is 0 Å². The number of anilines is 2. The summed E-state index contributed by atoms with van der Waals surface area (Å²) in [5, 5.41) is 3.59. The summed E-state index contributed by atoms with van der Waals surface area (Å²) in [4.78, 5) is 15.8. The summed E-state index contributed by atoms with van der Waals surface area (Å²) in [5.74, 6) is -0.0290. The Morgan fingerprint density at radius 1 is 0.750 bits per heavy atom. The molecule has 3 nitrogen and oxygen atoms in total. The topological polar surface area (TPSA) is 32.3 Å². The Morgan fingerprint density at radius 2 is 1.38 bits per heavy atom. The molecule has 1 atom stereocenters. The normalized spacial score (nSPS) is 15.2. The number of nitrogens with one attached hydrogen (secondary N) is 1. The predicted octanol–water partition coefficient (Wildman–Crippen LogP) is 6.85.